The zero-order valence-electron chi connectivity index (χ0n) is 12.1. The van der Waals surface area contributed by atoms with E-state index in [4.69, 9.17) is 4.74 Å². The smallest absolute Gasteiger partial charge is 0.191 e. The SMILES string of the molecule is COCCCn1cnnc1SCC(O)c1c(F)cccc1F. The Morgan fingerprint density at radius 1 is 1.36 bits per heavy atom. The van der Waals surface area contributed by atoms with Crippen molar-refractivity contribution in [1.82, 2.24) is 14.8 Å². The van der Waals surface area contributed by atoms with E-state index < -0.39 is 17.7 Å². The Labute approximate surface area is 131 Å². The average molecular weight is 329 g/mol. The van der Waals surface area contributed by atoms with Gasteiger partial charge in [-0.15, -0.1) is 10.2 Å². The maximum absolute atomic E-state index is 13.6. The standard InChI is InChI=1S/C14H17F2N3O2S/c1-21-7-3-6-19-9-17-18-14(19)22-8-12(20)13-10(15)4-2-5-11(13)16/h2,4-5,9,12,20H,3,6-8H2,1H3. The number of aromatic nitrogens is 3. The maximum atomic E-state index is 13.6. The summed E-state index contributed by atoms with van der Waals surface area (Å²) in [5.74, 6) is -1.43. The summed E-state index contributed by atoms with van der Waals surface area (Å²) in [6, 6.07) is 3.51. The van der Waals surface area contributed by atoms with Gasteiger partial charge in [0.2, 0.25) is 0 Å². The van der Waals surface area contributed by atoms with Gasteiger partial charge < -0.3 is 14.4 Å². The molecule has 1 aromatic heterocycles. The summed E-state index contributed by atoms with van der Waals surface area (Å²) < 4.78 is 34.0. The van der Waals surface area contributed by atoms with Gasteiger partial charge in [-0.1, -0.05) is 17.8 Å². The molecule has 0 aliphatic heterocycles. The van der Waals surface area contributed by atoms with Crippen LogP contribution in [0, 0.1) is 11.6 Å². The second-order valence-electron chi connectivity index (χ2n) is 4.62. The van der Waals surface area contributed by atoms with E-state index in [1.54, 1.807) is 13.4 Å². The number of rotatable bonds is 8. The molecule has 120 valence electrons. The van der Waals surface area contributed by atoms with Gasteiger partial charge in [-0.05, 0) is 18.6 Å². The van der Waals surface area contributed by atoms with Crippen molar-refractivity contribution in [2.24, 2.45) is 0 Å². The second kappa shape index (κ2) is 8.21. The molecule has 0 radical (unpaired) electrons. The zero-order valence-corrected chi connectivity index (χ0v) is 12.9. The van der Waals surface area contributed by atoms with Crippen LogP contribution >= 0.6 is 11.8 Å². The minimum absolute atomic E-state index is 0.0842. The molecular weight excluding hydrogens is 312 g/mol. The number of ether oxygens (including phenoxy) is 1. The third-order valence-corrected chi connectivity index (χ3v) is 4.09. The van der Waals surface area contributed by atoms with E-state index in [0.29, 0.717) is 18.3 Å². The first-order chi connectivity index (χ1) is 10.6. The van der Waals surface area contributed by atoms with Crippen molar-refractivity contribution in [3.05, 3.63) is 41.7 Å². The Kier molecular flexibility index (Phi) is 6.29. The summed E-state index contributed by atoms with van der Waals surface area (Å²) in [6.07, 6.45) is 1.12. The lowest BCUT2D eigenvalue weighted by molar-refractivity contribution is 0.189. The number of hydrogen-bond donors (Lipinski definition) is 1. The quantitative estimate of drug-likeness (QED) is 0.595. The molecule has 5 nitrogen and oxygen atoms in total. The van der Waals surface area contributed by atoms with Gasteiger partial charge >= 0.3 is 0 Å². The van der Waals surface area contributed by atoms with E-state index in [1.165, 1.54) is 17.8 Å². The van der Waals surface area contributed by atoms with Crippen LogP contribution in [-0.2, 0) is 11.3 Å². The van der Waals surface area contributed by atoms with E-state index in [2.05, 4.69) is 10.2 Å². The van der Waals surface area contributed by atoms with Gasteiger partial charge in [-0.2, -0.15) is 0 Å². The second-order valence-corrected chi connectivity index (χ2v) is 5.60. The minimum Gasteiger partial charge on any atom is -0.387 e. The van der Waals surface area contributed by atoms with Gasteiger partial charge in [0.25, 0.3) is 0 Å². The van der Waals surface area contributed by atoms with Crippen LogP contribution in [0.4, 0.5) is 8.78 Å². The molecule has 0 bridgehead atoms. The third-order valence-electron chi connectivity index (χ3n) is 3.03. The van der Waals surface area contributed by atoms with Gasteiger partial charge in [0.1, 0.15) is 18.0 Å². The number of benzene rings is 1. The van der Waals surface area contributed by atoms with Crippen molar-refractivity contribution >= 4 is 11.8 Å². The van der Waals surface area contributed by atoms with Crippen LogP contribution in [0.5, 0.6) is 0 Å². The van der Waals surface area contributed by atoms with Crippen LogP contribution in [0.2, 0.25) is 0 Å². The molecule has 0 spiro atoms. The fourth-order valence-electron chi connectivity index (χ4n) is 1.95. The lowest BCUT2D eigenvalue weighted by Crippen LogP contribution is -2.08. The number of aliphatic hydroxyl groups excluding tert-OH is 1. The number of nitrogens with zero attached hydrogens (tertiary/aromatic N) is 3. The van der Waals surface area contributed by atoms with Gasteiger partial charge in [-0.3, -0.25) is 0 Å². The van der Waals surface area contributed by atoms with Crippen molar-refractivity contribution in [2.45, 2.75) is 24.2 Å². The average Bonchev–Trinajstić information content (AvgIpc) is 2.93. The zero-order chi connectivity index (χ0) is 15.9. The molecule has 0 aliphatic carbocycles. The Morgan fingerprint density at radius 3 is 2.77 bits per heavy atom. The Balaban J connectivity index is 1.97. The molecule has 0 aliphatic rings. The maximum Gasteiger partial charge on any atom is 0.191 e. The molecule has 1 aromatic carbocycles. The molecule has 2 aromatic rings. The molecule has 0 amide bonds. The van der Waals surface area contributed by atoms with E-state index in [0.717, 1.165) is 18.6 Å². The molecule has 1 atom stereocenters. The molecular formula is C14H17F2N3O2S. The minimum atomic E-state index is -1.25. The van der Waals surface area contributed by atoms with Crippen molar-refractivity contribution in [3.63, 3.8) is 0 Å². The molecule has 8 heteroatoms. The summed E-state index contributed by atoms with van der Waals surface area (Å²) in [5, 5.41) is 18.3. The molecule has 1 unspecified atom stereocenters. The molecule has 0 fully saturated rings. The number of hydrogen-bond acceptors (Lipinski definition) is 5. The summed E-state index contributed by atoms with van der Waals surface area (Å²) in [7, 11) is 1.63. The number of halogens is 2. The highest BCUT2D eigenvalue weighted by Gasteiger charge is 2.19. The predicted molar refractivity (Wildman–Crippen MR) is 78.6 cm³/mol. The van der Waals surface area contributed by atoms with E-state index in [-0.39, 0.29) is 11.3 Å². The van der Waals surface area contributed by atoms with Gasteiger partial charge in [0, 0.05) is 26.0 Å². The summed E-state index contributed by atoms with van der Waals surface area (Å²) in [5.41, 5.74) is -0.319. The summed E-state index contributed by atoms with van der Waals surface area (Å²) in [6.45, 7) is 1.29. The van der Waals surface area contributed by atoms with Crippen LogP contribution < -0.4 is 0 Å². The number of aliphatic hydroxyl groups is 1. The number of thioether (sulfide) groups is 1. The normalized spacial score (nSPS) is 12.5. The molecule has 1 heterocycles. The first-order valence-corrected chi connectivity index (χ1v) is 7.73. The van der Waals surface area contributed by atoms with Crippen molar-refractivity contribution in [1.29, 1.82) is 0 Å². The highest BCUT2D eigenvalue weighted by atomic mass is 32.2. The van der Waals surface area contributed by atoms with Crippen LogP contribution in [0.1, 0.15) is 18.1 Å². The first-order valence-electron chi connectivity index (χ1n) is 6.75. The van der Waals surface area contributed by atoms with Crippen LogP contribution in [0.3, 0.4) is 0 Å². The number of methoxy groups -OCH3 is 1. The highest BCUT2D eigenvalue weighted by molar-refractivity contribution is 7.99. The summed E-state index contributed by atoms with van der Waals surface area (Å²) in [4.78, 5) is 0. The monoisotopic (exact) mass is 329 g/mol. The Bertz CT molecular complexity index is 589. The Hall–Kier alpha value is -1.51. The molecule has 0 saturated carbocycles. The fraction of sp³-hybridized carbons (Fsp3) is 0.429. The van der Waals surface area contributed by atoms with E-state index in [9.17, 15) is 13.9 Å². The van der Waals surface area contributed by atoms with Crippen molar-refractivity contribution in [3.8, 4) is 0 Å². The Morgan fingerprint density at radius 2 is 2.09 bits per heavy atom. The van der Waals surface area contributed by atoms with Gasteiger partial charge in [0.15, 0.2) is 5.16 Å². The van der Waals surface area contributed by atoms with E-state index in [1.807, 2.05) is 4.57 Å². The van der Waals surface area contributed by atoms with Crippen molar-refractivity contribution in [2.75, 3.05) is 19.5 Å². The molecule has 22 heavy (non-hydrogen) atoms. The lowest BCUT2D eigenvalue weighted by Gasteiger charge is -2.12. The largest absolute Gasteiger partial charge is 0.387 e. The first kappa shape index (κ1) is 16.9. The van der Waals surface area contributed by atoms with Gasteiger partial charge in [0.05, 0.1) is 11.7 Å². The lowest BCUT2D eigenvalue weighted by atomic mass is 10.1. The van der Waals surface area contributed by atoms with Crippen molar-refractivity contribution < 1.29 is 18.6 Å². The molecule has 0 saturated heterocycles. The van der Waals surface area contributed by atoms with E-state index >= 15 is 0 Å². The third kappa shape index (κ3) is 4.25. The molecule has 2 rings (SSSR count). The van der Waals surface area contributed by atoms with Gasteiger partial charge in [-0.25, -0.2) is 8.78 Å². The highest BCUT2D eigenvalue weighted by Crippen LogP contribution is 2.26. The fourth-order valence-corrected chi connectivity index (χ4v) is 2.84. The van der Waals surface area contributed by atoms with Crippen LogP contribution in [0.15, 0.2) is 29.7 Å². The van der Waals surface area contributed by atoms with Crippen LogP contribution in [-0.4, -0.2) is 39.3 Å². The topological polar surface area (TPSA) is 60.2 Å². The number of aryl methyl sites for hydroxylation is 1. The summed E-state index contributed by atoms with van der Waals surface area (Å²) >= 11 is 1.20. The predicted octanol–water partition coefficient (Wildman–Crippen LogP) is 2.42. The molecule has 1 N–H and O–H groups in total. The van der Waals surface area contributed by atoms with Crippen LogP contribution in [0.25, 0.3) is 0 Å².